The van der Waals surface area contributed by atoms with Crippen LogP contribution in [0.2, 0.25) is 5.02 Å². The van der Waals surface area contributed by atoms with Gasteiger partial charge in [0.1, 0.15) is 11.4 Å². The van der Waals surface area contributed by atoms with Gasteiger partial charge in [0.25, 0.3) is 5.91 Å². The van der Waals surface area contributed by atoms with Gasteiger partial charge in [0.2, 0.25) is 0 Å². The minimum absolute atomic E-state index is 0.147. The molecule has 1 atom stereocenters. The van der Waals surface area contributed by atoms with Crippen molar-refractivity contribution in [1.82, 2.24) is 20.2 Å². The van der Waals surface area contributed by atoms with Gasteiger partial charge in [-0.2, -0.15) is 0 Å². The van der Waals surface area contributed by atoms with Crippen LogP contribution in [0.1, 0.15) is 47.6 Å². The molecule has 5 N–H and O–H groups in total. The second-order valence-electron chi connectivity index (χ2n) is 8.01. The van der Waals surface area contributed by atoms with E-state index in [1.807, 2.05) is 42.2 Å². The molecule has 1 unspecified atom stereocenters. The standard InChI is InChI=1S/C23H27ClN6O2/c1-13(14-6-4-3-5-7-14)27-23(31)22-28-17-12-16(19(25)18(24)20(17)29-22)21(26)30-10-8-15(32-2)9-11-30/h3-7,12-13,15,26H,8-11,25H2,1-2H3,(H,27,31)(H,28,29). The highest BCUT2D eigenvalue weighted by atomic mass is 35.5. The number of amides is 1. The first-order chi connectivity index (χ1) is 15.4. The molecule has 3 aromatic rings. The molecule has 1 amide bonds. The van der Waals surface area contributed by atoms with Gasteiger partial charge >= 0.3 is 0 Å². The number of nitrogen functional groups attached to an aromatic ring is 1. The van der Waals surface area contributed by atoms with Crippen molar-refractivity contribution in [1.29, 1.82) is 5.41 Å². The fourth-order valence-corrected chi connectivity index (χ4v) is 4.25. The van der Waals surface area contributed by atoms with E-state index in [9.17, 15) is 4.79 Å². The lowest BCUT2D eigenvalue weighted by molar-refractivity contribution is 0.0578. The number of piperidine rings is 1. The first kappa shape index (κ1) is 22.1. The lowest BCUT2D eigenvalue weighted by Crippen LogP contribution is -2.40. The minimum atomic E-state index is -0.342. The van der Waals surface area contributed by atoms with Gasteiger partial charge in [0.15, 0.2) is 5.82 Å². The average Bonchev–Trinajstić information content (AvgIpc) is 3.26. The lowest BCUT2D eigenvalue weighted by atomic mass is 10.0. The molecule has 0 aliphatic carbocycles. The van der Waals surface area contributed by atoms with E-state index in [1.165, 1.54) is 0 Å². The summed E-state index contributed by atoms with van der Waals surface area (Å²) in [5, 5.41) is 11.8. The number of imidazole rings is 1. The van der Waals surface area contributed by atoms with Crippen LogP contribution in [0, 0.1) is 5.41 Å². The second-order valence-corrected chi connectivity index (χ2v) is 8.39. The lowest BCUT2D eigenvalue weighted by Gasteiger charge is -2.33. The summed E-state index contributed by atoms with van der Waals surface area (Å²) in [7, 11) is 1.71. The number of benzene rings is 2. The molecule has 0 bridgehead atoms. The minimum Gasteiger partial charge on any atom is -0.397 e. The highest BCUT2D eigenvalue weighted by Gasteiger charge is 2.25. The van der Waals surface area contributed by atoms with Crippen LogP contribution in [0.25, 0.3) is 11.0 Å². The third kappa shape index (κ3) is 4.28. The maximum Gasteiger partial charge on any atom is 0.287 e. The summed E-state index contributed by atoms with van der Waals surface area (Å²) in [5.41, 5.74) is 9.05. The number of aromatic amines is 1. The predicted octanol–water partition coefficient (Wildman–Crippen LogP) is 3.73. The van der Waals surface area contributed by atoms with E-state index in [4.69, 9.17) is 27.5 Å². The number of fused-ring (bicyclic) bond motifs is 1. The highest BCUT2D eigenvalue weighted by molar-refractivity contribution is 6.38. The molecule has 32 heavy (non-hydrogen) atoms. The van der Waals surface area contributed by atoms with Crippen LogP contribution in [0.3, 0.4) is 0 Å². The number of hydrogen-bond donors (Lipinski definition) is 4. The molecule has 1 saturated heterocycles. The Balaban J connectivity index is 1.57. The largest absolute Gasteiger partial charge is 0.397 e. The van der Waals surface area contributed by atoms with Crippen molar-refractivity contribution >= 4 is 40.1 Å². The number of nitrogens with two attached hydrogens (primary N) is 1. The number of halogens is 1. The number of nitrogens with one attached hydrogen (secondary N) is 3. The van der Waals surface area contributed by atoms with E-state index < -0.39 is 0 Å². The number of anilines is 1. The van der Waals surface area contributed by atoms with E-state index in [2.05, 4.69) is 15.3 Å². The van der Waals surface area contributed by atoms with Crippen molar-refractivity contribution in [3.05, 3.63) is 58.4 Å². The van der Waals surface area contributed by atoms with Crippen LogP contribution in [0.15, 0.2) is 36.4 Å². The monoisotopic (exact) mass is 454 g/mol. The zero-order valence-corrected chi connectivity index (χ0v) is 18.9. The molecule has 9 heteroatoms. The number of rotatable bonds is 5. The molecule has 8 nitrogen and oxygen atoms in total. The Hall–Kier alpha value is -3.10. The van der Waals surface area contributed by atoms with Gasteiger partial charge in [0, 0.05) is 25.8 Å². The summed E-state index contributed by atoms with van der Waals surface area (Å²) in [6.07, 6.45) is 1.92. The average molecular weight is 455 g/mol. The molecule has 0 radical (unpaired) electrons. The van der Waals surface area contributed by atoms with Gasteiger partial charge in [-0.3, -0.25) is 10.2 Å². The first-order valence-corrected chi connectivity index (χ1v) is 11.0. The van der Waals surface area contributed by atoms with Crippen molar-refractivity contribution in [3.63, 3.8) is 0 Å². The molecule has 1 aliphatic heterocycles. The molecule has 0 spiro atoms. The summed E-state index contributed by atoms with van der Waals surface area (Å²) < 4.78 is 5.41. The Kier molecular flexibility index (Phi) is 6.34. The van der Waals surface area contributed by atoms with Crippen LogP contribution in [-0.4, -0.2) is 52.9 Å². The topological polar surface area (TPSA) is 120 Å². The quantitative estimate of drug-likeness (QED) is 0.266. The van der Waals surface area contributed by atoms with Crippen LogP contribution in [0.4, 0.5) is 5.69 Å². The number of carbonyl (C=O) groups is 1. The molecular formula is C23H27ClN6O2. The molecule has 1 aliphatic rings. The molecule has 0 saturated carbocycles. The fourth-order valence-electron chi connectivity index (χ4n) is 4.01. The highest BCUT2D eigenvalue weighted by Crippen LogP contribution is 2.32. The number of H-pyrrole nitrogens is 1. The smallest absolute Gasteiger partial charge is 0.287 e. The number of methoxy groups -OCH3 is 1. The zero-order chi connectivity index (χ0) is 22.8. The zero-order valence-electron chi connectivity index (χ0n) is 18.1. The number of amidine groups is 1. The normalized spacial score (nSPS) is 15.7. The summed E-state index contributed by atoms with van der Waals surface area (Å²) in [6, 6.07) is 11.2. The summed E-state index contributed by atoms with van der Waals surface area (Å²) >= 11 is 6.51. The second kappa shape index (κ2) is 9.18. The molecule has 4 rings (SSSR count). The third-order valence-corrected chi connectivity index (χ3v) is 6.35. The van der Waals surface area contributed by atoms with Gasteiger partial charge in [-0.1, -0.05) is 41.9 Å². The van der Waals surface area contributed by atoms with Crippen molar-refractivity contribution in [2.45, 2.75) is 31.9 Å². The van der Waals surface area contributed by atoms with Crippen LogP contribution in [-0.2, 0) is 4.74 Å². The molecule has 2 heterocycles. The van der Waals surface area contributed by atoms with Crippen molar-refractivity contribution in [3.8, 4) is 0 Å². The number of aromatic nitrogens is 2. The molecule has 1 aromatic heterocycles. The Bertz CT molecular complexity index is 1140. The number of hydrogen-bond acceptors (Lipinski definition) is 5. The Morgan fingerprint density at radius 2 is 2.03 bits per heavy atom. The van der Waals surface area contributed by atoms with Gasteiger partial charge in [-0.15, -0.1) is 0 Å². The summed E-state index contributed by atoms with van der Waals surface area (Å²) in [6.45, 7) is 3.33. The Morgan fingerprint density at radius 1 is 1.34 bits per heavy atom. The molecular weight excluding hydrogens is 428 g/mol. The van der Waals surface area contributed by atoms with E-state index in [1.54, 1.807) is 13.2 Å². The summed E-state index contributed by atoms with van der Waals surface area (Å²) in [4.78, 5) is 22.2. The van der Waals surface area contributed by atoms with Gasteiger partial charge in [-0.05, 0) is 31.4 Å². The van der Waals surface area contributed by atoms with E-state index in [-0.39, 0.29) is 34.6 Å². The Morgan fingerprint density at radius 3 is 2.69 bits per heavy atom. The number of carbonyl (C=O) groups excluding carboxylic acids is 1. The van der Waals surface area contributed by atoms with E-state index in [0.717, 1.165) is 18.4 Å². The molecule has 168 valence electrons. The fraction of sp³-hybridized carbons (Fsp3) is 0.348. The van der Waals surface area contributed by atoms with Crippen molar-refractivity contribution in [2.24, 2.45) is 0 Å². The van der Waals surface area contributed by atoms with Crippen LogP contribution in [0.5, 0.6) is 0 Å². The third-order valence-electron chi connectivity index (χ3n) is 5.96. The number of likely N-dealkylation sites (tertiary alicyclic amines) is 1. The number of nitrogens with zero attached hydrogens (tertiary/aromatic N) is 2. The Labute approximate surface area is 191 Å². The van der Waals surface area contributed by atoms with Gasteiger partial charge < -0.3 is 25.7 Å². The van der Waals surface area contributed by atoms with Gasteiger partial charge in [-0.25, -0.2) is 4.98 Å². The predicted molar refractivity (Wildman–Crippen MR) is 126 cm³/mol. The molecule has 1 fully saturated rings. The number of ether oxygens (including phenoxy) is 1. The van der Waals surface area contributed by atoms with E-state index in [0.29, 0.717) is 35.5 Å². The van der Waals surface area contributed by atoms with Crippen molar-refractivity contribution in [2.75, 3.05) is 25.9 Å². The van der Waals surface area contributed by atoms with E-state index >= 15 is 0 Å². The maximum atomic E-state index is 12.8. The van der Waals surface area contributed by atoms with Crippen molar-refractivity contribution < 1.29 is 9.53 Å². The molecule has 2 aromatic carbocycles. The van der Waals surface area contributed by atoms with Crippen LogP contribution >= 0.6 is 11.6 Å². The van der Waals surface area contributed by atoms with Gasteiger partial charge in [0.05, 0.1) is 28.4 Å². The van der Waals surface area contributed by atoms with Crippen LogP contribution < -0.4 is 11.1 Å². The summed E-state index contributed by atoms with van der Waals surface area (Å²) in [5.74, 6) is 0.110. The first-order valence-electron chi connectivity index (χ1n) is 10.6. The SMILES string of the molecule is COC1CCN(C(=N)c2cc3[nH]c(C(=O)NC(C)c4ccccc4)nc3c(Cl)c2N)CC1. The maximum absolute atomic E-state index is 12.8.